The summed E-state index contributed by atoms with van der Waals surface area (Å²) in [6.07, 6.45) is 0. The van der Waals surface area contributed by atoms with Gasteiger partial charge in [0.1, 0.15) is 0 Å². The Kier molecular flexibility index (Phi) is 4.93. The zero-order chi connectivity index (χ0) is 7.33. The summed E-state index contributed by atoms with van der Waals surface area (Å²) in [6, 6.07) is 0. The number of hydrogen-bond acceptors (Lipinski definition) is 3. The first-order chi connectivity index (χ1) is 4.06. The lowest BCUT2D eigenvalue weighted by Crippen LogP contribution is -2.15. The molecule has 0 aliphatic rings. The number of halogens is 3. The van der Waals surface area contributed by atoms with Crippen molar-refractivity contribution in [1.29, 1.82) is 0 Å². The zero-order valence-corrected chi connectivity index (χ0v) is 6.71. The fourth-order valence-electron chi connectivity index (χ4n) is 0.206. The molecule has 0 amide bonds. The zero-order valence-electron chi connectivity index (χ0n) is 4.44. The van der Waals surface area contributed by atoms with Gasteiger partial charge in [-0.25, -0.2) is 5.90 Å². The van der Waals surface area contributed by atoms with E-state index in [0.717, 1.165) is 0 Å². The van der Waals surface area contributed by atoms with Gasteiger partial charge in [-0.15, -0.1) is 0 Å². The molecule has 0 atom stereocenters. The molecule has 0 saturated heterocycles. The smallest absolute Gasteiger partial charge is 0.213 e. The molecule has 0 aliphatic heterocycles. The molecule has 2 N–H and O–H groups in total. The first-order valence-corrected chi connectivity index (χ1v) is 3.16. The molecule has 9 heavy (non-hydrogen) atoms. The van der Waals surface area contributed by atoms with Crippen LogP contribution in [0.5, 0.6) is 0 Å². The van der Waals surface area contributed by atoms with Gasteiger partial charge in [-0.1, -0.05) is 34.8 Å². The van der Waals surface area contributed by atoms with Crippen molar-refractivity contribution in [1.82, 2.24) is 0 Å². The largest absolute Gasteiger partial charge is 0.349 e. The number of alkyl halides is 3. The van der Waals surface area contributed by atoms with E-state index in [9.17, 15) is 0 Å². The highest BCUT2D eigenvalue weighted by atomic mass is 35.6. The Hall–Kier alpha value is 0.750. The fraction of sp³-hybridized carbons (Fsp3) is 1.00. The summed E-state index contributed by atoms with van der Waals surface area (Å²) < 4.78 is 3.21. The highest BCUT2D eigenvalue weighted by Gasteiger charge is 2.19. The van der Waals surface area contributed by atoms with E-state index in [1.807, 2.05) is 0 Å². The molecule has 0 aliphatic carbocycles. The molecule has 0 spiro atoms. The van der Waals surface area contributed by atoms with E-state index in [4.69, 9.17) is 34.8 Å². The van der Waals surface area contributed by atoms with Crippen molar-refractivity contribution in [3.8, 4) is 0 Å². The lowest BCUT2D eigenvalue weighted by atomic mass is 10.8. The predicted molar refractivity (Wildman–Crippen MR) is 36.4 cm³/mol. The lowest BCUT2D eigenvalue weighted by Gasteiger charge is -2.09. The van der Waals surface area contributed by atoms with Gasteiger partial charge in [0.15, 0.2) is 6.79 Å². The molecule has 3 nitrogen and oxygen atoms in total. The van der Waals surface area contributed by atoms with Crippen molar-refractivity contribution < 1.29 is 9.57 Å². The summed E-state index contributed by atoms with van der Waals surface area (Å²) >= 11 is 15.8. The molecule has 0 bridgehead atoms. The summed E-state index contributed by atoms with van der Waals surface area (Å²) in [7, 11) is 0. The summed E-state index contributed by atoms with van der Waals surface area (Å²) in [5.41, 5.74) is 0. The van der Waals surface area contributed by atoms with Crippen LogP contribution < -0.4 is 5.90 Å². The number of rotatable bonds is 3. The van der Waals surface area contributed by atoms with Crippen LogP contribution in [-0.2, 0) is 9.57 Å². The Balaban J connectivity index is 3.07. The molecule has 0 aromatic heterocycles. The van der Waals surface area contributed by atoms with Crippen molar-refractivity contribution in [3.63, 3.8) is 0 Å². The van der Waals surface area contributed by atoms with Gasteiger partial charge in [-0.05, 0) is 0 Å². The van der Waals surface area contributed by atoms with E-state index < -0.39 is 3.79 Å². The third-order valence-electron chi connectivity index (χ3n) is 0.417. The lowest BCUT2D eigenvalue weighted by molar-refractivity contribution is -0.0537. The minimum Gasteiger partial charge on any atom is -0.349 e. The molecule has 0 radical (unpaired) electrons. The summed E-state index contributed by atoms with van der Waals surface area (Å²) in [5, 5.41) is 0. The van der Waals surface area contributed by atoms with Crippen molar-refractivity contribution >= 4 is 34.8 Å². The third kappa shape index (κ3) is 8.75. The maximum atomic E-state index is 5.28. The SMILES string of the molecule is NOCOCC(Cl)(Cl)Cl. The van der Waals surface area contributed by atoms with Crippen LogP contribution in [0.15, 0.2) is 0 Å². The van der Waals surface area contributed by atoms with E-state index in [1.165, 1.54) is 0 Å². The normalized spacial score (nSPS) is 12.0. The van der Waals surface area contributed by atoms with Crippen LogP contribution >= 0.6 is 34.8 Å². The Morgan fingerprint density at radius 1 is 1.33 bits per heavy atom. The average Bonchev–Trinajstić information content (AvgIpc) is 1.63. The molecule has 0 unspecified atom stereocenters. The molecular formula is C3H6Cl3NO2. The van der Waals surface area contributed by atoms with Gasteiger partial charge in [0, 0.05) is 0 Å². The summed E-state index contributed by atoms with van der Waals surface area (Å²) in [6.45, 7) is -0.108. The van der Waals surface area contributed by atoms with Crippen LogP contribution in [0.3, 0.4) is 0 Å². The van der Waals surface area contributed by atoms with Crippen molar-refractivity contribution in [2.45, 2.75) is 3.79 Å². The molecule has 56 valence electrons. The third-order valence-corrected chi connectivity index (χ3v) is 0.744. The van der Waals surface area contributed by atoms with Gasteiger partial charge in [-0.2, -0.15) is 0 Å². The van der Waals surface area contributed by atoms with Crippen molar-refractivity contribution in [2.24, 2.45) is 5.90 Å². The van der Waals surface area contributed by atoms with Crippen molar-refractivity contribution in [3.05, 3.63) is 0 Å². The van der Waals surface area contributed by atoms with Gasteiger partial charge in [0.05, 0.1) is 6.61 Å². The van der Waals surface area contributed by atoms with Gasteiger partial charge >= 0.3 is 0 Å². The minimum atomic E-state index is -1.39. The van der Waals surface area contributed by atoms with E-state index in [-0.39, 0.29) is 13.4 Å². The monoisotopic (exact) mass is 193 g/mol. The topological polar surface area (TPSA) is 44.5 Å². The molecule has 0 fully saturated rings. The van der Waals surface area contributed by atoms with Gasteiger partial charge < -0.3 is 4.74 Å². The molecule has 0 aromatic carbocycles. The van der Waals surface area contributed by atoms with Crippen LogP contribution in [0.25, 0.3) is 0 Å². The number of nitrogens with two attached hydrogens (primary N) is 1. The molecule has 0 saturated carbocycles. The molecule has 0 rings (SSSR count). The molecule has 0 heterocycles. The molecular weight excluding hydrogens is 188 g/mol. The molecule has 0 aromatic rings. The Bertz CT molecular complexity index is 73.9. The standard InChI is InChI=1S/C3H6Cl3NO2/c4-3(5,6)1-8-2-9-7/h1-2,7H2. The summed E-state index contributed by atoms with van der Waals surface area (Å²) in [5.74, 6) is 4.60. The second-order valence-electron chi connectivity index (χ2n) is 1.25. The summed E-state index contributed by atoms with van der Waals surface area (Å²) in [4.78, 5) is 4.04. The van der Waals surface area contributed by atoms with Crippen molar-refractivity contribution in [2.75, 3.05) is 13.4 Å². The van der Waals surface area contributed by atoms with Crippen LogP contribution in [-0.4, -0.2) is 17.2 Å². The maximum absolute atomic E-state index is 5.28. The predicted octanol–water partition coefficient (Wildman–Crippen LogP) is 1.22. The Morgan fingerprint density at radius 3 is 2.22 bits per heavy atom. The van der Waals surface area contributed by atoms with Crippen LogP contribution in [0.4, 0.5) is 0 Å². The second-order valence-corrected chi connectivity index (χ2v) is 3.76. The maximum Gasteiger partial charge on any atom is 0.213 e. The quantitative estimate of drug-likeness (QED) is 0.318. The highest BCUT2D eigenvalue weighted by molar-refractivity contribution is 6.67. The van der Waals surface area contributed by atoms with Gasteiger partial charge in [0.2, 0.25) is 3.79 Å². The van der Waals surface area contributed by atoms with Gasteiger partial charge in [0.25, 0.3) is 0 Å². The van der Waals surface area contributed by atoms with E-state index >= 15 is 0 Å². The van der Waals surface area contributed by atoms with E-state index in [2.05, 4.69) is 15.5 Å². The Labute approximate surface area is 67.9 Å². The van der Waals surface area contributed by atoms with Gasteiger partial charge in [-0.3, -0.25) is 4.84 Å². The number of ether oxygens (including phenoxy) is 1. The van der Waals surface area contributed by atoms with Crippen LogP contribution in [0.1, 0.15) is 0 Å². The van der Waals surface area contributed by atoms with E-state index in [1.54, 1.807) is 0 Å². The highest BCUT2D eigenvalue weighted by Crippen LogP contribution is 2.25. The van der Waals surface area contributed by atoms with Crippen LogP contribution in [0.2, 0.25) is 0 Å². The Morgan fingerprint density at radius 2 is 1.89 bits per heavy atom. The minimum absolute atomic E-state index is 0.0329. The fourth-order valence-corrected chi connectivity index (χ4v) is 0.437. The second kappa shape index (κ2) is 4.55. The number of hydrogen-bond donors (Lipinski definition) is 1. The van der Waals surface area contributed by atoms with Crippen LogP contribution in [0, 0.1) is 0 Å². The first kappa shape index (κ1) is 9.75. The molecule has 6 heteroatoms. The first-order valence-electron chi connectivity index (χ1n) is 2.02. The van der Waals surface area contributed by atoms with E-state index in [0.29, 0.717) is 0 Å². The average molecular weight is 194 g/mol.